The van der Waals surface area contributed by atoms with E-state index < -0.39 is 0 Å². The van der Waals surface area contributed by atoms with Gasteiger partial charge in [-0.25, -0.2) is 0 Å². The summed E-state index contributed by atoms with van der Waals surface area (Å²) >= 11 is 0. The molecule has 0 amide bonds. The minimum Gasteiger partial charge on any atom is -0.378 e. The van der Waals surface area contributed by atoms with E-state index >= 15 is 0 Å². The fourth-order valence-electron chi connectivity index (χ4n) is 3.72. The molecule has 2 aliphatic rings. The molecule has 0 aromatic heterocycles. The summed E-state index contributed by atoms with van der Waals surface area (Å²) in [5.41, 5.74) is 0.341. The highest BCUT2D eigenvalue weighted by Gasteiger charge is 2.37. The van der Waals surface area contributed by atoms with Gasteiger partial charge in [-0.3, -0.25) is 4.90 Å². The van der Waals surface area contributed by atoms with Gasteiger partial charge in [0.2, 0.25) is 0 Å². The van der Waals surface area contributed by atoms with Crippen LogP contribution < -0.4 is 5.32 Å². The molecule has 0 aromatic carbocycles. The van der Waals surface area contributed by atoms with Crippen LogP contribution in [-0.2, 0) is 4.74 Å². The highest BCUT2D eigenvalue weighted by Crippen LogP contribution is 2.28. The minimum atomic E-state index is 0.341. The fourth-order valence-corrected chi connectivity index (χ4v) is 3.72. The molecule has 0 spiro atoms. The zero-order valence-electron chi connectivity index (χ0n) is 13.2. The molecule has 3 atom stereocenters. The molecular weight excluding hydrogens is 236 g/mol. The van der Waals surface area contributed by atoms with Crippen LogP contribution in [0.15, 0.2) is 0 Å². The summed E-state index contributed by atoms with van der Waals surface area (Å²) in [4.78, 5) is 2.71. The van der Waals surface area contributed by atoms with Gasteiger partial charge in [0, 0.05) is 37.8 Å². The molecule has 3 nitrogen and oxygen atoms in total. The number of ether oxygens (including phenoxy) is 1. The Balaban J connectivity index is 1.97. The molecule has 1 N–H and O–H groups in total. The highest BCUT2D eigenvalue weighted by atomic mass is 16.5. The van der Waals surface area contributed by atoms with Gasteiger partial charge in [-0.2, -0.15) is 0 Å². The number of rotatable bonds is 5. The van der Waals surface area contributed by atoms with E-state index in [2.05, 4.69) is 37.9 Å². The molecule has 2 aliphatic heterocycles. The maximum atomic E-state index is 5.85. The van der Waals surface area contributed by atoms with Gasteiger partial charge in [0.25, 0.3) is 0 Å². The zero-order chi connectivity index (χ0) is 13.9. The topological polar surface area (TPSA) is 24.5 Å². The quantitative estimate of drug-likeness (QED) is 0.829. The van der Waals surface area contributed by atoms with E-state index in [-0.39, 0.29) is 0 Å². The van der Waals surface area contributed by atoms with Crippen molar-refractivity contribution in [2.45, 2.75) is 71.1 Å². The Bertz CT molecular complexity index is 278. The first-order chi connectivity index (χ1) is 9.14. The summed E-state index contributed by atoms with van der Waals surface area (Å²) in [5, 5.41) is 3.79. The standard InChI is InChI=1S/C16H32N2O/c1-5-15-14(8-9-19-15)11-18-12-16(6-2,7-3)17-10-13(18)4/h13-15,17H,5-12H2,1-4H3. The van der Waals surface area contributed by atoms with Crippen molar-refractivity contribution >= 4 is 0 Å². The SMILES string of the molecule is CCC1OCCC1CN1CC(CC)(CC)NCC1C. The van der Waals surface area contributed by atoms with Gasteiger partial charge >= 0.3 is 0 Å². The average Bonchev–Trinajstić information content (AvgIpc) is 2.89. The molecule has 19 heavy (non-hydrogen) atoms. The molecule has 2 rings (SSSR count). The lowest BCUT2D eigenvalue weighted by atomic mass is 9.87. The number of nitrogens with one attached hydrogen (secondary N) is 1. The molecule has 112 valence electrons. The lowest BCUT2D eigenvalue weighted by molar-refractivity contribution is 0.0389. The Hall–Kier alpha value is -0.120. The Morgan fingerprint density at radius 3 is 2.63 bits per heavy atom. The Morgan fingerprint density at radius 1 is 1.26 bits per heavy atom. The van der Waals surface area contributed by atoms with Gasteiger partial charge in [-0.15, -0.1) is 0 Å². The summed E-state index contributed by atoms with van der Waals surface area (Å²) in [6.07, 6.45) is 5.37. The molecule has 3 unspecified atom stereocenters. The molecule has 0 bridgehead atoms. The van der Waals surface area contributed by atoms with Crippen molar-refractivity contribution in [2.75, 3.05) is 26.2 Å². The third kappa shape index (κ3) is 3.32. The molecule has 3 heteroatoms. The van der Waals surface area contributed by atoms with Crippen LogP contribution >= 0.6 is 0 Å². The largest absolute Gasteiger partial charge is 0.378 e. The van der Waals surface area contributed by atoms with Gasteiger partial charge in [0.1, 0.15) is 0 Å². The first-order valence-electron chi connectivity index (χ1n) is 8.24. The van der Waals surface area contributed by atoms with E-state index in [4.69, 9.17) is 4.74 Å². The lowest BCUT2D eigenvalue weighted by Gasteiger charge is -2.47. The molecular formula is C16H32N2O. The second-order valence-corrected chi connectivity index (χ2v) is 6.51. The van der Waals surface area contributed by atoms with Crippen LogP contribution in [-0.4, -0.2) is 48.8 Å². The Morgan fingerprint density at radius 2 is 2.00 bits per heavy atom. The Labute approximate surface area is 119 Å². The van der Waals surface area contributed by atoms with E-state index in [0.717, 1.165) is 25.5 Å². The summed E-state index contributed by atoms with van der Waals surface area (Å²) in [5.74, 6) is 0.747. The fraction of sp³-hybridized carbons (Fsp3) is 1.00. The molecule has 0 aliphatic carbocycles. The second kappa shape index (κ2) is 6.55. The average molecular weight is 268 g/mol. The number of hydrogen-bond donors (Lipinski definition) is 1. The maximum absolute atomic E-state index is 5.85. The van der Waals surface area contributed by atoms with Crippen molar-refractivity contribution in [3.8, 4) is 0 Å². The third-order valence-electron chi connectivity index (χ3n) is 5.47. The van der Waals surface area contributed by atoms with E-state index in [9.17, 15) is 0 Å². The van der Waals surface area contributed by atoms with Gasteiger partial charge < -0.3 is 10.1 Å². The number of piperazine rings is 1. The van der Waals surface area contributed by atoms with Crippen LogP contribution in [0.25, 0.3) is 0 Å². The van der Waals surface area contributed by atoms with Crippen molar-refractivity contribution in [1.82, 2.24) is 10.2 Å². The lowest BCUT2D eigenvalue weighted by Crippen LogP contribution is -2.63. The van der Waals surface area contributed by atoms with Gasteiger partial charge in [-0.1, -0.05) is 20.8 Å². The Kier molecular flexibility index (Phi) is 5.27. The molecule has 2 heterocycles. The zero-order valence-corrected chi connectivity index (χ0v) is 13.2. The maximum Gasteiger partial charge on any atom is 0.0613 e. The first-order valence-corrected chi connectivity index (χ1v) is 8.24. The van der Waals surface area contributed by atoms with Crippen LogP contribution in [0, 0.1) is 5.92 Å². The second-order valence-electron chi connectivity index (χ2n) is 6.51. The third-order valence-corrected chi connectivity index (χ3v) is 5.47. The molecule has 0 saturated carbocycles. The van der Waals surface area contributed by atoms with Crippen LogP contribution in [0.2, 0.25) is 0 Å². The predicted octanol–water partition coefficient (Wildman–Crippen LogP) is 2.65. The van der Waals surface area contributed by atoms with Crippen LogP contribution in [0.1, 0.15) is 53.4 Å². The first kappa shape index (κ1) is 15.3. The van der Waals surface area contributed by atoms with Crippen molar-refractivity contribution in [3.05, 3.63) is 0 Å². The summed E-state index contributed by atoms with van der Waals surface area (Å²) < 4.78 is 5.85. The molecule has 2 saturated heterocycles. The van der Waals surface area contributed by atoms with Crippen molar-refractivity contribution in [2.24, 2.45) is 5.92 Å². The van der Waals surface area contributed by atoms with Crippen LogP contribution in [0.5, 0.6) is 0 Å². The van der Waals surface area contributed by atoms with Crippen LogP contribution in [0.4, 0.5) is 0 Å². The van der Waals surface area contributed by atoms with Gasteiger partial charge in [0.15, 0.2) is 0 Å². The highest BCUT2D eigenvalue weighted by molar-refractivity contribution is 4.96. The smallest absolute Gasteiger partial charge is 0.0613 e. The van der Waals surface area contributed by atoms with E-state index in [1.54, 1.807) is 0 Å². The van der Waals surface area contributed by atoms with Gasteiger partial charge in [-0.05, 0) is 38.5 Å². The summed E-state index contributed by atoms with van der Waals surface area (Å²) in [7, 11) is 0. The summed E-state index contributed by atoms with van der Waals surface area (Å²) in [6, 6.07) is 0.657. The van der Waals surface area contributed by atoms with Gasteiger partial charge in [0.05, 0.1) is 6.10 Å². The van der Waals surface area contributed by atoms with E-state index in [0.29, 0.717) is 17.7 Å². The monoisotopic (exact) mass is 268 g/mol. The van der Waals surface area contributed by atoms with Crippen molar-refractivity contribution in [3.63, 3.8) is 0 Å². The molecule has 2 fully saturated rings. The molecule has 0 aromatic rings. The minimum absolute atomic E-state index is 0.341. The molecule has 0 radical (unpaired) electrons. The van der Waals surface area contributed by atoms with E-state index in [1.807, 2.05) is 0 Å². The van der Waals surface area contributed by atoms with Crippen molar-refractivity contribution in [1.29, 1.82) is 0 Å². The predicted molar refractivity (Wildman–Crippen MR) is 80.5 cm³/mol. The normalized spacial score (nSPS) is 35.7. The van der Waals surface area contributed by atoms with E-state index in [1.165, 1.54) is 32.4 Å². The summed E-state index contributed by atoms with van der Waals surface area (Å²) in [6.45, 7) is 13.8. The van der Waals surface area contributed by atoms with Crippen LogP contribution in [0.3, 0.4) is 0 Å². The van der Waals surface area contributed by atoms with Crippen molar-refractivity contribution < 1.29 is 4.74 Å². The number of nitrogens with zero attached hydrogens (tertiary/aromatic N) is 1. The number of hydrogen-bond acceptors (Lipinski definition) is 3.